The highest BCUT2D eigenvalue weighted by atomic mass is 32.1. The fourth-order valence-electron chi connectivity index (χ4n) is 1.24. The third-order valence-electron chi connectivity index (χ3n) is 2.00. The van der Waals surface area contributed by atoms with E-state index < -0.39 is 0 Å². The highest BCUT2D eigenvalue weighted by molar-refractivity contribution is 7.80. The van der Waals surface area contributed by atoms with Gasteiger partial charge in [-0.15, -0.1) is 0 Å². The molecule has 0 saturated heterocycles. The van der Waals surface area contributed by atoms with E-state index in [4.69, 9.17) is 12.6 Å². The molecule has 1 radical (unpaired) electrons. The molecule has 0 atom stereocenters. The van der Waals surface area contributed by atoms with Gasteiger partial charge in [0.25, 0.3) is 0 Å². The Morgan fingerprint density at radius 3 is 1.64 bits per heavy atom. The Bertz CT molecular complexity index is 53.9. The van der Waals surface area contributed by atoms with E-state index in [0.29, 0.717) is 0 Å². The van der Waals surface area contributed by atoms with Crippen molar-refractivity contribution in [2.75, 3.05) is 5.75 Å². The van der Waals surface area contributed by atoms with E-state index in [0.717, 1.165) is 5.75 Å². The summed E-state index contributed by atoms with van der Waals surface area (Å²) in [5.41, 5.74) is 0. The minimum atomic E-state index is 0.953. The first-order valence-electron chi connectivity index (χ1n) is 5.00. The molecule has 0 spiro atoms. The summed E-state index contributed by atoms with van der Waals surface area (Å²) < 4.78 is 0. The maximum absolute atomic E-state index is 4.87. The third kappa shape index (κ3) is 10.4. The second-order valence-corrected chi connectivity index (χ2v) is 3.59. The highest BCUT2D eigenvalue weighted by Crippen LogP contribution is 2.08. The largest absolute Gasteiger partial charge is 0.0942 e. The van der Waals surface area contributed by atoms with Gasteiger partial charge in [0, 0.05) is 5.75 Å². The molecule has 0 heterocycles. The van der Waals surface area contributed by atoms with Crippen LogP contribution in [0.15, 0.2) is 0 Å². The number of hydrogen-bond acceptors (Lipinski definition) is 0. The first-order chi connectivity index (χ1) is 5.41. The molecule has 0 bridgehead atoms. The van der Waals surface area contributed by atoms with Gasteiger partial charge in [0.1, 0.15) is 0 Å². The Morgan fingerprint density at radius 2 is 1.18 bits per heavy atom. The molecule has 0 unspecified atom stereocenters. The average molecular weight is 173 g/mol. The lowest BCUT2D eigenvalue weighted by Crippen LogP contribution is -1.80. The van der Waals surface area contributed by atoms with Crippen molar-refractivity contribution in [1.82, 2.24) is 0 Å². The van der Waals surface area contributed by atoms with E-state index in [1.165, 1.54) is 51.4 Å². The lowest BCUT2D eigenvalue weighted by molar-refractivity contribution is 0.586. The Hall–Kier alpha value is 0.350. The van der Waals surface area contributed by atoms with Crippen LogP contribution in [0.5, 0.6) is 0 Å². The standard InChI is InChI=1S/C10H21S/c1-2-3-4-5-6-7-8-9-10-11/h2-10H2,1H3. The maximum atomic E-state index is 4.87. The summed E-state index contributed by atoms with van der Waals surface area (Å²) in [6, 6.07) is 0. The Morgan fingerprint density at radius 1 is 0.727 bits per heavy atom. The minimum absolute atomic E-state index is 0.953. The summed E-state index contributed by atoms with van der Waals surface area (Å²) in [5.74, 6) is 0.953. The van der Waals surface area contributed by atoms with Crippen LogP contribution in [-0.2, 0) is 0 Å². The second-order valence-electron chi connectivity index (χ2n) is 3.18. The summed E-state index contributed by atoms with van der Waals surface area (Å²) in [5, 5.41) is 0. The van der Waals surface area contributed by atoms with Gasteiger partial charge < -0.3 is 0 Å². The molecule has 0 amide bonds. The van der Waals surface area contributed by atoms with Crippen molar-refractivity contribution in [1.29, 1.82) is 0 Å². The highest BCUT2D eigenvalue weighted by Gasteiger charge is 1.89. The molecule has 0 aromatic heterocycles. The molecular weight excluding hydrogens is 152 g/mol. The normalized spacial score (nSPS) is 10.4. The van der Waals surface area contributed by atoms with Crippen LogP contribution in [0.4, 0.5) is 0 Å². The van der Waals surface area contributed by atoms with Crippen molar-refractivity contribution >= 4 is 12.6 Å². The molecule has 0 nitrogen and oxygen atoms in total. The van der Waals surface area contributed by atoms with Gasteiger partial charge in [-0.2, -0.15) is 0 Å². The van der Waals surface area contributed by atoms with Crippen LogP contribution in [0.1, 0.15) is 58.3 Å². The Kier molecular flexibility index (Phi) is 10.7. The number of hydrogen-bond donors (Lipinski definition) is 0. The summed E-state index contributed by atoms with van der Waals surface area (Å²) in [6.45, 7) is 2.26. The first-order valence-corrected chi connectivity index (χ1v) is 5.57. The van der Waals surface area contributed by atoms with Gasteiger partial charge in [0.05, 0.1) is 0 Å². The van der Waals surface area contributed by atoms with Gasteiger partial charge in [-0.05, 0) is 6.42 Å². The number of rotatable bonds is 8. The smallest absolute Gasteiger partial charge is 0.00369 e. The molecule has 0 saturated carbocycles. The molecule has 67 valence electrons. The van der Waals surface area contributed by atoms with Crippen molar-refractivity contribution in [2.45, 2.75) is 58.3 Å². The predicted octanol–water partition coefficient (Wildman–Crippen LogP) is 4.32. The second kappa shape index (κ2) is 10.3. The van der Waals surface area contributed by atoms with Crippen LogP contribution in [-0.4, -0.2) is 5.75 Å². The summed E-state index contributed by atoms with van der Waals surface area (Å²) >= 11 is 4.87. The van der Waals surface area contributed by atoms with Crippen LogP contribution < -0.4 is 0 Å². The van der Waals surface area contributed by atoms with Crippen LogP contribution in [0.2, 0.25) is 0 Å². The van der Waals surface area contributed by atoms with Crippen molar-refractivity contribution in [2.24, 2.45) is 0 Å². The quantitative estimate of drug-likeness (QED) is 0.479. The Balaban J connectivity index is 2.69. The zero-order valence-corrected chi connectivity index (χ0v) is 8.59. The van der Waals surface area contributed by atoms with Gasteiger partial charge in [-0.25, -0.2) is 0 Å². The molecule has 1 heteroatoms. The van der Waals surface area contributed by atoms with Gasteiger partial charge in [-0.1, -0.05) is 64.5 Å². The fraction of sp³-hybridized carbons (Fsp3) is 1.00. The van der Waals surface area contributed by atoms with E-state index in [-0.39, 0.29) is 0 Å². The van der Waals surface area contributed by atoms with Crippen molar-refractivity contribution in [3.05, 3.63) is 0 Å². The zero-order valence-electron chi connectivity index (χ0n) is 7.77. The van der Waals surface area contributed by atoms with E-state index in [1.54, 1.807) is 0 Å². The van der Waals surface area contributed by atoms with Crippen LogP contribution in [0.3, 0.4) is 0 Å². The third-order valence-corrected chi connectivity index (χ3v) is 2.29. The minimum Gasteiger partial charge on any atom is -0.0942 e. The average Bonchev–Trinajstić information content (AvgIpc) is 2.03. The molecule has 0 aromatic rings. The van der Waals surface area contributed by atoms with E-state index in [1.807, 2.05) is 0 Å². The zero-order chi connectivity index (χ0) is 8.36. The lowest BCUT2D eigenvalue weighted by atomic mass is 10.1. The molecule has 0 rings (SSSR count). The molecule has 0 aliphatic heterocycles. The maximum Gasteiger partial charge on any atom is 0.00369 e. The topological polar surface area (TPSA) is 0 Å². The Labute approximate surface area is 77.2 Å². The SMILES string of the molecule is CCCCCCCCCC[S]. The fourth-order valence-corrected chi connectivity index (χ4v) is 1.44. The van der Waals surface area contributed by atoms with Crippen LogP contribution >= 0.6 is 12.6 Å². The van der Waals surface area contributed by atoms with Crippen LogP contribution in [0, 0.1) is 0 Å². The van der Waals surface area contributed by atoms with Crippen LogP contribution in [0.25, 0.3) is 0 Å². The molecule has 0 aliphatic carbocycles. The van der Waals surface area contributed by atoms with Gasteiger partial charge in [-0.3, -0.25) is 0 Å². The molecule has 0 aromatic carbocycles. The first kappa shape index (κ1) is 11.4. The molecule has 0 fully saturated rings. The van der Waals surface area contributed by atoms with Crippen molar-refractivity contribution in [3.8, 4) is 0 Å². The van der Waals surface area contributed by atoms with E-state index in [2.05, 4.69) is 6.92 Å². The van der Waals surface area contributed by atoms with Gasteiger partial charge >= 0.3 is 0 Å². The van der Waals surface area contributed by atoms with E-state index in [9.17, 15) is 0 Å². The lowest BCUT2D eigenvalue weighted by Gasteiger charge is -1.98. The summed E-state index contributed by atoms with van der Waals surface area (Å²) in [4.78, 5) is 0. The van der Waals surface area contributed by atoms with Gasteiger partial charge in [0.15, 0.2) is 0 Å². The van der Waals surface area contributed by atoms with E-state index >= 15 is 0 Å². The van der Waals surface area contributed by atoms with Gasteiger partial charge in [0.2, 0.25) is 0 Å². The molecule has 11 heavy (non-hydrogen) atoms. The summed E-state index contributed by atoms with van der Waals surface area (Å²) in [6.07, 6.45) is 11.1. The van der Waals surface area contributed by atoms with Crippen molar-refractivity contribution in [3.63, 3.8) is 0 Å². The monoisotopic (exact) mass is 173 g/mol. The number of unbranched alkanes of at least 4 members (excludes halogenated alkanes) is 7. The summed E-state index contributed by atoms with van der Waals surface area (Å²) in [7, 11) is 0. The molecular formula is C10H21S. The molecule has 0 N–H and O–H groups in total. The predicted molar refractivity (Wildman–Crippen MR) is 55.1 cm³/mol. The van der Waals surface area contributed by atoms with Crippen molar-refractivity contribution < 1.29 is 0 Å². The molecule has 0 aliphatic rings.